The summed E-state index contributed by atoms with van der Waals surface area (Å²) in [6.07, 6.45) is 2.60. The van der Waals surface area contributed by atoms with Crippen LogP contribution in [0.15, 0.2) is 6.07 Å². The maximum Gasteiger partial charge on any atom is 0.137 e. The van der Waals surface area contributed by atoms with Gasteiger partial charge in [-0.25, -0.2) is 9.97 Å². The van der Waals surface area contributed by atoms with E-state index in [0.717, 1.165) is 24.1 Å². The van der Waals surface area contributed by atoms with Gasteiger partial charge in [0.05, 0.1) is 6.61 Å². The smallest absolute Gasteiger partial charge is 0.137 e. The Morgan fingerprint density at radius 3 is 2.57 bits per heavy atom. The van der Waals surface area contributed by atoms with E-state index < -0.39 is 0 Å². The fourth-order valence-corrected chi connectivity index (χ4v) is 2.62. The summed E-state index contributed by atoms with van der Waals surface area (Å²) in [6.45, 7) is 10.1. The Kier molecular flexibility index (Phi) is 5.10. The van der Waals surface area contributed by atoms with Crippen molar-refractivity contribution >= 4 is 17.4 Å². The van der Waals surface area contributed by atoms with Gasteiger partial charge in [0.1, 0.15) is 16.8 Å². The quantitative estimate of drug-likeness (QED) is 0.751. The summed E-state index contributed by atoms with van der Waals surface area (Å²) in [5.41, 5.74) is -0.116. The molecule has 0 N–H and O–H groups in total. The average Bonchev–Trinajstić information content (AvgIpc) is 3.21. The Labute approximate surface area is 132 Å². The molecule has 1 aliphatic rings. The number of rotatable bonds is 6. The van der Waals surface area contributed by atoms with E-state index in [4.69, 9.17) is 21.3 Å². The fraction of sp³-hybridized carbons (Fsp3) is 0.750. The number of ether oxygens (including phenoxy) is 1. The number of hydrogen-bond acceptors (Lipinski definition) is 4. The van der Waals surface area contributed by atoms with Crippen LogP contribution in [-0.2, 0) is 10.2 Å². The Morgan fingerprint density at radius 1 is 1.38 bits per heavy atom. The van der Waals surface area contributed by atoms with Crippen LogP contribution in [0.3, 0.4) is 0 Å². The number of aromatic nitrogens is 2. The van der Waals surface area contributed by atoms with E-state index in [-0.39, 0.29) is 5.41 Å². The Hall–Kier alpha value is -0.870. The van der Waals surface area contributed by atoms with Gasteiger partial charge in [-0.15, -0.1) is 0 Å². The number of hydrogen-bond donors (Lipinski definition) is 0. The van der Waals surface area contributed by atoms with Gasteiger partial charge in [-0.2, -0.15) is 0 Å². The highest BCUT2D eigenvalue weighted by molar-refractivity contribution is 6.29. The monoisotopic (exact) mass is 311 g/mol. The third kappa shape index (κ3) is 4.30. The molecule has 1 atom stereocenters. The molecule has 1 saturated carbocycles. The minimum atomic E-state index is -0.116. The predicted molar refractivity (Wildman–Crippen MR) is 87.2 cm³/mol. The van der Waals surface area contributed by atoms with Crippen LogP contribution in [0.5, 0.6) is 0 Å². The van der Waals surface area contributed by atoms with Crippen LogP contribution in [0.2, 0.25) is 5.15 Å². The van der Waals surface area contributed by atoms with Crippen LogP contribution in [0, 0.1) is 5.92 Å². The highest BCUT2D eigenvalue weighted by Crippen LogP contribution is 2.37. The van der Waals surface area contributed by atoms with Crippen molar-refractivity contribution in [3.63, 3.8) is 0 Å². The maximum absolute atomic E-state index is 6.23. The maximum atomic E-state index is 6.23. The molecule has 1 aliphatic carbocycles. The lowest BCUT2D eigenvalue weighted by molar-refractivity contribution is 0.202. The van der Waals surface area contributed by atoms with E-state index in [0.29, 0.717) is 17.8 Å². The van der Waals surface area contributed by atoms with Crippen molar-refractivity contribution in [2.24, 2.45) is 5.92 Å². The molecule has 0 saturated heterocycles. The molecule has 0 bridgehead atoms. The zero-order valence-electron chi connectivity index (χ0n) is 13.7. The van der Waals surface area contributed by atoms with E-state index in [1.807, 2.05) is 6.07 Å². The predicted octanol–water partition coefficient (Wildman–Crippen LogP) is 3.68. The van der Waals surface area contributed by atoms with Crippen LogP contribution in [0.25, 0.3) is 0 Å². The van der Waals surface area contributed by atoms with Crippen LogP contribution in [0.1, 0.15) is 46.4 Å². The molecule has 4 nitrogen and oxygen atoms in total. The fourth-order valence-electron chi connectivity index (χ4n) is 2.44. The van der Waals surface area contributed by atoms with Crippen molar-refractivity contribution in [1.82, 2.24) is 9.97 Å². The molecule has 5 heteroatoms. The SMILES string of the molecule is COCCN(c1cc(Cl)nc(C(C)(C)C)n1)C(C)C1CC1. The lowest BCUT2D eigenvalue weighted by atomic mass is 9.96. The molecular weight excluding hydrogens is 286 g/mol. The summed E-state index contributed by atoms with van der Waals surface area (Å²) >= 11 is 6.23. The molecule has 21 heavy (non-hydrogen) atoms. The van der Waals surface area contributed by atoms with Gasteiger partial charge < -0.3 is 9.64 Å². The Balaban J connectivity index is 2.31. The molecule has 0 spiro atoms. The van der Waals surface area contributed by atoms with Crippen molar-refractivity contribution in [2.45, 2.75) is 52.0 Å². The Bertz CT molecular complexity index is 483. The van der Waals surface area contributed by atoms with Crippen molar-refractivity contribution in [1.29, 1.82) is 0 Å². The van der Waals surface area contributed by atoms with Crippen molar-refractivity contribution < 1.29 is 4.74 Å². The molecule has 1 aromatic heterocycles. The lowest BCUT2D eigenvalue weighted by Crippen LogP contribution is -2.38. The first kappa shape index (κ1) is 16.5. The van der Waals surface area contributed by atoms with Gasteiger partial charge >= 0.3 is 0 Å². The highest BCUT2D eigenvalue weighted by atomic mass is 35.5. The third-order valence-corrected chi connectivity index (χ3v) is 4.17. The van der Waals surface area contributed by atoms with Crippen molar-refractivity contribution in [2.75, 3.05) is 25.2 Å². The molecule has 0 aliphatic heterocycles. The van der Waals surface area contributed by atoms with E-state index >= 15 is 0 Å². The average molecular weight is 312 g/mol. The van der Waals surface area contributed by atoms with Crippen molar-refractivity contribution in [3.8, 4) is 0 Å². The van der Waals surface area contributed by atoms with E-state index in [2.05, 4.69) is 37.6 Å². The van der Waals surface area contributed by atoms with Gasteiger partial charge in [0, 0.05) is 31.2 Å². The normalized spacial score (nSPS) is 16.9. The van der Waals surface area contributed by atoms with E-state index in [9.17, 15) is 0 Å². The van der Waals surface area contributed by atoms with Gasteiger partial charge in [0.2, 0.25) is 0 Å². The zero-order chi connectivity index (χ0) is 15.6. The number of methoxy groups -OCH3 is 1. The number of halogens is 1. The van der Waals surface area contributed by atoms with Gasteiger partial charge in [-0.05, 0) is 25.7 Å². The number of nitrogens with zero attached hydrogens (tertiary/aromatic N) is 3. The molecule has 118 valence electrons. The molecule has 2 rings (SSSR count). The van der Waals surface area contributed by atoms with Gasteiger partial charge in [-0.1, -0.05) is 32.4 Å². The number of anilines is 1. The zero-order valence-corrected chi connectivity index (χ0v) is 14.4. The van der Waals surface area contributed by atoms with Crippen LogP contribution in [-0.4, -0.2) is 36.3 Å². The highest BCUT2D eigenvalue weighted by Gasteiger charge is 2.33. The molecular formula is C16H26ClN3O. The first-order valence-electron chi connectivity index (χ1n) is 7.63. The second-order valence-electron chi connectivity index (χ2n) is 6.89. The first-order valence-corrected chi connectivity index (χ1v) is 8.01. The molecule has 0 radical (unpaired) electrons. The van der Waals surface area contributed by atoms with Gasteiger partial charge in [0.25, 0.3) is 0 Å². The molecule has 1 heterocycles. The summed E-state index contributed by atoms with van der Waals surface area (Å²) < 4.78 is 5.25. The Morgan fingerprint density at radius 2 is 2.05 bits per heavy atom. The van der Waals surface area contributed by atoms with Gasteiger partial charge in [0.15, 0.2) is 0 Å². The first-order chi connectivity index (χ1) is 9.82. The second-order valence-corrected chi connectivity index (χ2v) is 7.27. The molecule has 0 amide bonds. The minimum absolute atomic E-state index is 0.116. The van der Waals surface area contributed by atoms with E-state index in [1.54, 1.807) is 7.11 Å². The molecule has 1 fully saturated rings. The van der Waals surface area contributed by atoms with E-state index in [1.165, 1.54) is 12.8 Å². The molecule has 1 aromatic rings. The topological polar surface area (TPSA) is 38.2 Å². The van der Waals surface area contributed by atoms with Gasteiger partial charge in [-0.3, -0.25) is 0 Å². The minimum Gasteiger partial charge on any atom is -0.383 e. The largest absolute Gasteiger partial charge is 0.383 e. The summed E-state index contributed by atoms with van der Waals surface area (Å²) in [4.78, 5) is 11.5. The molecule has 1 unspecified atom stereocenters. The van der Waals surface area contributed by atoms with Crippen LogP contribution < -0.4 is 4.90 Å². The third-order valence-electron chi connectivity index (χ3n) is 3.98. The standard InChI is InChI=1S/C16H26ClN3O/c1-11(12-6-7-12)20(8-9-21-5)14-10-13(17)18-15(19-14)16(2,3)4/h10-12H,6-9H2,1-5H3. The second kappa shape index (κ2) is 6.49. The summed E-state index contributed by atoms with van der Waals surface area (Å²) in [6, 6.07) is 2.32. The van der Waals surface area contributed by atoms with Crippen LogP contribution in [0.4, 0.5) is 5.82 Å². The molecule has 0 aromatic carbocycles. The summed E-state index contributed by atoms with van der Waals surface area (Å²) in [7, 11) is 1.73. The summed E-state index contributed by atoms with van der Waals surface area (Å²) in [5.74, 6) is 2.46. The summed E-state index contributed by atoms with van der Waals surface area (Å²) in [5, 5.41) is 0.510. The van der Waals surface area contributed by atoms with Crippen LogP contribution >= 0.6 is 11.6 Å². The van der Waals surface area contributed by atoms with Crippen molar-refractivity contribution in [3.05, 3.63) is 17.0 Å². The lowest BCUT2D eigenvalue weighted by Gasteiger charge is -2.31.